The predicted octanol–water partition coefficient (Wildman–Crippen LogP) is 3.95. The molecule has 0 aliphatic rings. The van der Waals surface area contributed by atoms with Crippen LogP contribution in [0.4, 0.5) is 4.39 Å². The third-order valence-corrected chi connectivity index (χ3v) is 5.08. The van der Waals surface area contributed by atoms with Crippen molar-refractivity contribution in [1.29, 1.82) is 0 Å². The van der Waals surface area contributed by atoms with Crippen molar-refractivity contribution in [2.75, 3.05) is 19.4 Å². The van der Waals surface area contributed by atoms with Gasteiger partial charge in [0.15, 0.2) is 0 Å². The van der Waals surface area contributed by atoms with Gasteiger partial charge in [-0.2, -0.15) is 0 Å². The van der Waals surface area contributed by atoms with Crippen LogP contribution in [-0.4, -0.2) is 40.4 Å². The van der Waals surface area contributed by atoms with E-state index >= 15 is 0 Å². The number of ether oxygens (including phenoxy) is 1. The van der Waals surface area contributed by atoms with Gasteiger partial charge in [0.05, 0.1) is 19.3 Å². The highest BCUT2D eigenvalue weighted by Gasteiger charge is 2.15. The van der Waals surface area contributed by atoms with Gasteiger partial charge >= 0.3 is 0 Å². The van der Waals surface area contributed by atoms with Crippen LogP contribution in [0.15, 0.2) is 58.2 Å². The van der Waals surface area contributed by atoms with Crippen molar-refractivity contribution >= 4 is 17.7 Å². The molecule has 0 saturated carbocycles. The largest absolute Gasteiger partial charge is 0.497 e. The van der Waals surface area contributed by atoms with E-state index in [4.69, 9.17) is 9.15 Å². The third kappa shape index (κ3) is 6.05. The van der Waals surface area contributed by atoms with Crippen molar-refractivity contribution < 1.29 is 18.3 Å². The van der Waals surface area contributed by atoms with Crippen LogP contribution in [-0.2, 0) is 17.8 Å². The molecule has 0 N–H and O–H groups in total. The molecule has 29 heavy (non-hydrogen) atoms. The van der Waals surface area contributed by atoms with E-state index < -0.39 is 0 Å². The lowest BCUT2D eigenvalue weighted by Crippen LogP contribution is -2.31. The molecule has 3 aromatic rings. The maximum absolute atomic E-state index is 13.3. The summed E-state index contributed by atoms with van der Waals surface area (Å²) in [6.45, 7) is 2.78. The SMILES string of the molecule is CCN(Cc1cccc(F)c1)C(=O)CSc1nnc(Cc2ccc(OC)cc2)o1. The van der Waals surface area contributed by atoms with Gasteiger partial charge in [-0.25, -0.2) is 4.39 Å². The van der Waals surface area contributed by atoms with Gasteiger partial charge in [-0.15, -0.1) is 10.2 Å². The number of carbonyl (C=O) groups is 1. The van der Waals surface area contributed by atoms with E-state index in [1.165, 1.54) is 23.9 Å². The molecule has 0 fully saturated rings. The number of methoxy groups -OCH3 is 1. The lowest BCUT2D eigenvalue weighted by molar-refractivity contribution is -0.128. The first-order chi connectivity index (χ1) is 14.1. The van der Waals surface area contributed by atoms with E-state index in [0.717, 1.165) is 16.9 Å². The Hall–Kier alpha value is -2.87. The zero-order valence-electron chi connectivity index (χ0n) is 16.3. The zero-order chi connectivity index (χ0) is 20.6. The number of hydrogen-bond acceptors (Lipinski definition) is 6. The number of hydrogen-bond donors (Lipinski definition) is 0. The molecule has 2 aromatic carbocycles. The number of aromatic nitrogens is 2. The van der Waals surface area contributed by atoms with Gasteiger partial charge in [0.25, 0.3) is 5.22 Å². The molecule has 0 aliphatic carbocycles. The maximum Gasteiger partial charge on any atom is 0.277 e. The second-order valence-electron chi connectivity index (χ2n) is 6.31. The number of thioether (sulfide) groups is 1. The van der Waals surface area contributed by atoms with Gasteiger partial charge < -0.3 is 14.1 Å². The second-order valence-corrected chi connectivity index (χ2v) is 7.24. The van der Waals surface area contributed by atoms with Crippen molar-refractivity contribution in [1.82, 2.24) is 15.1 Å². The number of nitrogens with zero attached hydrogens (tertiary/aromatic N) is 3. The van der Waals surface area contributed by atoms with Crippen molar-refractivity contribution in [3.63, 3.8) is 0 Å². The Balaban J connectivity index is 1.52. The molecule has 0 aliphatic heterocycles. The average molecular weight is 415 g/mol. The van der Waals surface area contributed by atoms with E-state index in [-0.39, 0.29) is 17.5 Å². The Bertz CT molecular complexity index is 946. The molecule has 0 unspecified atom stereocenters. The Morgan fingerprint density at radius 2 is 1.97 bits per heavy atom. The van der Waals surface area contributed by atoms with E-state index in [0.29, 0.717) is 30.6 Å². The normalized spacial score (nSPS) is 10.7. The van der Waals surface area contributed by atoms with Crippen LogP contribution in [0.2, 0.25) is 0 Å². The summed E-state index contributed by atoms with van der Waals surface area (Å²) < 4.78 is 24.1. The summed E-state index contributed by atoms with van der Waals surface area (Å²) in [5.41, 5.74) is 1.78. The van der Waals surface area contributed by atoms with Gasteiger partial charge in [-0.3, -0.25) is 4.79 Å². The van der Waals surface area contributed by atoms with Gasteiger partial charge in [-0.05, 0) is 42.3 Å². The van der Waals surface area contributed by atoms with E-state index in [2.05, 4.69) is 10.2 Å². The highest BCUT2D eigenvalue weighted by molar-refractivity contribution is 7.99. The molecule has 0 saturated heterocycles. The lowest BCUT2D eigenvalue weighted by Gasteiger charge is -2.20. The number of amides is 1. The van der Waals surface area contributed by atoms with Crippen LogP contribution >= 0.6 is 11.8 Å². The Kier molecular flexibility index (Phi) is 7.24. The van der Waals surface area contributed by atoms with Crippen LogP contribution in [0.5, 0.6) is 5.75 Å². The van der Waals surface area contributed by atoms with Gasteiger partial charge in [0, 0.05) is 13.1 Å². The Labute approximate surface area is 173 Å². The fourth-order valence-electron chi connectivity index (χ4n) is 2.73. The van der Waals surface area contributed by atoms with Crippen molar-refractivity contribution in [3.8, 4) is 5.75 Å². The monoisotopic (exact) mass is 415 g/mol. The molecule has 152 valence electrons. The fourth-order valence-corrected chi connectivity index (χ4v) is 3.42. The van der Waals surface area contributed by atoms with Crippen LogP contribution in [0, 0.1) is 5.82 Å². The summed E-state index contributed by atoms with van der Waals surface area (Å²) >= 11 is 1.20. The van der Waals surface area contributed by atoms with Crippen LogP contribution < -0.4 is 4.74 Å². The molecular formula is C21H22FN3O3S. The van der Waals surface area contributed by atoms with Gasteiger partial charge in [0.1, 0.15) is 11.6 Å². The van der Waals surface area contributed by atoms with Crippen LogP contribution in [0.25, 0.3) is 0 Å². The first-order valence-electron chi connectivity index (χ1n) is 9.17. The minimum atomic E-state index is -0.310. The van der Waals surface area contributed by atoms with E-state index in [1.807, 2.05) is 31.2 Å². The first kappa shape index (κ1) is 20.9. The molecule has 0 atom stereocenters. The minimum absolute atomic E-state index is 0.0725. The molecular weight excluding hydrogens is 393 g/mol. The van der Waals surface area contributed by atoms with Gasteiger partial charge in [-0.1, -0.05) is 36.0 Å². The standard InChI is InChI=1S/C21H22FN3O3S/c1-3-25(13-16-5-4-6-17(22)11-16)20(26)14-29-21-24-23-19(28-21)12-15-7-9-18(27-2)10-8-15/h4-11H,3,12-14H2,1-2H3. The topological polar surface area (TPSA) is 68.5 Å². The number of halogens is 1. The van der Waals surface area contributed by atoms with E-state index in [9.17, 15) is 9.18 Å². The number of rotatable bonds is 9. The quantitative estimate of drug-likeness (QED) is 0.493. The van der Waals surface area contributed by atoms with Crippen molar-refractivity contribution in [2.24, 2.45) is 0 Å². The molecule has 1 heterocycles. The summed E-state index contributed by atoms with van der Waals surface area (Å²) in [6, 6.07) is 13.9. The third-order valence-electron chi connectivity index (χ3n) is 4.28. The second kappa shape index (κ2) is 10.1. The molecule has 6 nitrogen and oxygen atoms in total. The van der Waals surface area contributed by atoms with E-state index in [1.54, 1.807) is 24.1 Å². The summed E-state index contributed by atoms with van der Waals surface area (Å²) in [5, 5.41) is 8.39. The number of benzene rings is 2. The van der Waals surface area contributed by atoms with Crippen LogP contribution in [0.3, 0.4) is 0 Å². The highest BCUT2D eigenvalue weighted by atomic mass is 32.2. The maximum atomic E-state index is 13.3. The molecule has 1 amide bonds. The summed E-state index contributed by atoms with van der Waals surface area (Å²) in [6.07, 6.45) is 0.506. The minimum Gasteiger partial charge on any atom is -0.497 e. The lowest BCUT2D eigenvalue weighted by atomic mass is 10.1. The molecule has 1 aromatic heterocycles. The predicted molar refractivity (Wildman–Crippen MR) is 108 cm³/mol. The van der Waals surface area contributed by atoms with Crippen LogP contribution in [0.1, 0.15) is 23.9 Å². The molecule has 0 bridgehead atoms. The first-order valence-corrected chi connectivity index (χ1v) is 10.2. The van der Waals surface area contributed by atoms with Crippen molar-refractivity contribution in [2.45, 2.75) is 25.1 Å². The zero-order valence-corrected chi connectivity index (χ0v) is 17.1. The van der Waals surface area contributed by atoms with Gasteiger partial charge in [0.2, 0.25) is 11.8 Å². The Morgan fingerprint density at radius 1 is 1.17 bits per heavy atom. The Morgan fingerprint density at radius 3 is 2.66 bits per heavy atom. The summed E-state index contributed by atoms with van der Waals surface area (Å²) in [4.78, 5) is 14.2. The number of carbonyl (C=O) groups excluding carboxylic acids is 1. The summed E-state index contributed by atoms with van der Waals surface area (Å²) in [5.74, 6) is 1.06. The molecule has 3 rings (SSSR count). The molecule has 0 spiro atoms. The highest BCUT2D eigenvalue weighted by Crippen LogP contribution is 2.20. The molecule has 8 heteroatoms. The fraction of sp³-hybridized carbons (Fsp3) is 0.286. The smallest absolute Gasteiger partial charge is 0.277 e. The van der Waals surface area contributed by atoms with Crippen molar-refractivity contribution in [3.05, 3.63) is 71.4 Å². The molecule has 0 radical (unpaired) electrons. The summed E-state index contributed by atoms with van der Waals surface area (Å²) in [7, 11) is 1.62. The average Bonchev–Trinajstić information content (AvgIpc) is 3.18.